The van der Waals surface area contributed by atoms with Crippen molar-refractivity contribution in [2.45, 2.75) is 12.8 Å². The summed E-state index contributed by atoms with van der Waals surface area (Å²) in [4.78, 5) is 0. The first-order valence-electron chi connectivity index (χ1n) is 4.94. The Morgan fingerprint density at radius 3 is 2.67 bits per heavy atom. The molecule has 0 saturated heterocycles. The molecule has 0 amide bonds. The lowest BCUT2D eigenvalue weighted by atomic mass is 9.80. The molecule has 2 N–H and O–H groups in total. The van der Waals surface area contributed by atoms with E-state index < -0.39 is 7.12 Å². The molecule has 3 nitrogen and oxygen atoms in total. The quantitative estimate of drug-likeness (QED) is 0.800. The second kappa shape index (κ2) is 4.55. The number of halogens is 1. The molecule has 0 aromatic heterocycles. The van der Waals surface area contributed by atoms with Gasteiger partial charge in [0.05, 0.1) is 6.61 Å². The summed E-state index contributed by atoms with van der Waals surface area (Å²) < 4.78 is 6.34. The summed E-state index contributed by atoms with van der Waals surface area (Å²) >= 11 is 3.30. The molecule has 0 atom stereocenters. The molecule has 1 fully saturated rings. The molecule has 2 rings (SSSR count). The molecular weight excluding hydrogens is 259 g/mol. The maximum Gasteiger partial charge on any atom is 0.488 e. The number of ether oxygens (including phenoxy) is 1. The largest absolute Gasteiger partial charge is 0.493 e. The first kappa shape index (κ1) is 11.0. The van der Waals surface area contributed by atoms with Gasteiger partial charge < -0.3 is 14.8 Å². The Morgan fingerprint density at radius 1 is 1.33 bits per heavy atom. The van der Waals surface area contributed by atoms with Gasteiger partial charge in [0, 0.05) is 4.47 Å². The molecule has 1 aromatic rings. The minimum Gasteiger partial charge on any atom is -0.493 e. The van der Waals surface area contributed by atoms with Gasteiger partial charge in [-0.3, -0.25) is 0 Å². The fraction of sp³-hybridized carbons (Fsp3) is 0.400. The lowest BCUT2D eigenvalue weighted by molar-refractivity contribution is 0.299. The van der Waals surface area contributed by atoms with E-state index in [0.717, 1.165) is 11.1 Å². The van der Waals surface area contributed by atoms with Crippen LogP contribution in [0.2, 0.25) is 0 Å². The molecule has 0 aliphatic heterocycles. The van der Waals surface area contributed by atoms with Crippen LogP contribution < -0.4 is 10.2 Å². The van der Waals surface area contributed by atoms with Crippen molar-refractivity contribution in [3.05, 3.63) is 22.7 Å². The number of rotatable bonds is 4. The maximum atomic E-state index is 9.04. The maximum absolute atomic E-state index is 9.04. The van der Waals surface area contributed by atoms with Gasteiger partial charge in [0.25, 0.3) is 0 Å². The first-order valence-corrected chi connectivity index (χ1v) is 5.74. The van der Waals surface area contributed by atoms with Gasteiger partial charge in [0.1, 0.15) is 5.75 Å². The molecule has 0 spiro atoms. The van der Waals surface area contributed by atoms with Crippen molar-refractivity contribution in [2.75, 3.05) is 6.61 Å². The second-order valence-corrected chi connectivity index (χ2v) is 4.76. The van der Waals surface area contributed by atoms with Crippen LogP contribution in [0.5, 0.6) is 5.75 Å². The summed E-state index contributed by atoms with van der Waals surface area (Å²) in [5.74, 6) is 1.37. The fourth-order valence-corrected chi connectivity index (χ4v) is 1.81. The zero-order valence-corrected chi connectivity index (χ0v) is 9.77. The Balaban J connectivity index is 2.07. The van der Waals surface area contributed by atoms with Crippen molar-refractivity contribution < 1.29 is 14.8 Å². The summed E-state index contributed by atoms with van der Waals surface area (Å²) in [5, 5.41) is 18.1. The van der Waals surface area contributed by atoms with E-state index in [1.54, 1.807) is 12.1 Å². The van der Waals surface area contributed by atoms with Crippen LogP contribution in [-0.2, 0) is 0 Å². The molecule has 1 aliphatic carbocycles. The van der Waals surface area contributed by atoms with Gasteiger partial charge >= 0.3 is 7.12 Å². The van der Waals surface area contributed by atoms with E-state index in [1.807, 2.05) is 6.07 Å². The highest BCUT2D eigenvalue weighted by atomic mass is 79.9. The van der Waals surface area contributed by atoms with E-state index in [1.165, 1.54) is 12.8 Å². The number of benzene rings is 1. The zero-order valence-electron chi connectivity index (χ0n) is 8.19. The molecule has 80 valence electrons. The van der Waals surface area contributed by atoms with Crippen LogP contribution in [0.1, 0.15) is 12.8 Å². The van der Waals surface area contributed by atoms with Crippen LogP contribution in [0.15, 0.2) is 22.7 Å². The van der Waals surface area contributed by atoms with Crippen LogP contribution in [0, 0.1) is 5.92 Å². The lowest BCUT2D eigenvalue weighted by Gasteiger charge is -2.08. The summed E-state index contributed by atoms with van der Waals surface area (Å²) in [6.45, 7) is 0.720. The standard InChI is InChI=1S/C10H12BBrO3/c12-9-3-8(11(13)14)4-10(5-9)15-6-7-1-2-7/h3-5,7,13-14H,1-2,6H2. The fourth-order valence-electron chi connectivity index (χ4n) is 1.32. The predicted molar refractivity (Wildman–Crippen MR) is 62.2 cm³/mol. The third-order valence-electron chi connectivity index (χ3n) is 2.37. The monoisotopic (exact) mass is 270 g/mol. The van der Waals surface area contributed by atoms with Crippen molar-refractivity contribution in [3.8, 4) is 5.75 Å². The molecule has 1 aromatic carbocycles. The van der Waals surface area contributed by atoms with E-state index in [9.17, 15) is 0 Å². The Labute approximate surface area is 97.3 Å². The number of hydrogen-bond donors (Lipinski definition) is 2. The smallest absolute Gasteiger partial charge is 0.488 e. The van der Waals surface area contributed by atoms with E-state index in [0.29, 0.717) is 17.1 Å². The Hall–Kier alpha value is -0.515. The summed E-state index contributed by atoms with van der Waals surface area (Å²) in [7, 11) is -1.45. The second-order valence-electron chi connectivity index (χ2n) is 3.85. The van der Waals surface area contributed by atoms with Gasteiger partial charge in [-0.2, -0.15) is 0 Å². The molecule has 1 saturated carbocycles. The van der Waals surface area contributed by atoms with Crippen molar-refractivity contribution in [3.63, 3.8) is 0 Å². The topological polar surface area (TPSA) is 49.7 Å². The van der Waals surface area contributed by atoms with Crippen molar-refractivity contribution >= 4 is 28.5 Å². The van der Waals surface area contributed by atoms with Crippen LogP contribution >= 0.6 is 15.9 Å². The SMILES string of the molecule is OB(O)c1cc(Br)cc(OCC2CC2)c1. The summed E-state index contributed by atoms with van der Waals surface area (Å²) in [6.07, 6.45) is 2.48. The van der Waals surface area contributed by atoms with Crippen LogP contribution in [0.4, 0.5) is 0 Å². The van der Waals surface area contributed by atoms with Crippen molar-refractivity contribution in [1.82, 2.24) is 0 Å². The zero-order chi connectivity index (χ0) is 10.8. The van der Waals surface area contributed by atoms with Gasteiger partial charge in [-0.1, -0.05) is 15.9 Å². The first-order chi connectivity index (χ1) is 7.15. The van der Waals surface area contributed by atoms with E-state index >= 15 is 0 Å². The summed E-state index contributed by atoms with van der Waals surface area (Å²) in [5.41, 5.74) is 0.440. The summed E-state index contributed by atoms with van der Waals surface area (Å²) in [6, 6.07) is 5.14. The molecule has 0 unspecified atom stereocenters. The molecule has 15 heavy (non-hydrogen) atoms. The van der Waals surface area contributed by atoms with Crippen LogP contribution in [-0.4, -0.2) is 23.8 Å². The van der Waals surface area contributed by atoms with Gasteiger partial charge in [-0.05, 0) is 42.4 Å². The van der Waals surface area contributed by atoms with Gasteiger partial charge in [-0.15, -0.1) is 0 Å². The van der Waals surface area contributed by atoms with Gasteiger partial charge in [0.2, 0.25) is 0 Å². The van der Waals surface area contributed by atoms with Gasteiger partial charge in [0.15, 0.2) is 0 Å². The average molecular weight is 271 g/mol. The Bertz CT molecular complexity index is 353. The highest BCUT2D eigenvalue weighted by molar-refractivity contribution is 9.10. The average Bonchev–Trinajstić information content (AvgIpc) is 2.97. The molecular formula is C10H12BBrO3. The molecule has 0 heterocycles. The third kappa shape index (κ3) is 3.22. The lowest BCUT2D eigenvalue weighted by Crippen LogP contribution is -2.29. The van der Waals surface area contributed by atoms with Crippen LogP contribution in [0.3, 0.4) is 0 Å². The van der Waals surface area contributed by atoms with Crippen molar-refractivity contribution in [1.29, 1.82) is 0 Å². The minimum atomic E-state index is -1.45. The molecule has 0 radical (unpaired) electrons. The van der Waals surface area contributed by atoms with Crippen molar-refractivity contribution in [2.24, 2.45) is 5.92 Å². The van der Waals surface area contributed by atoms with E-state index in [-0.39, 0.29) is 0 Å². The highest BCUT2D eigenvalue weighted by Gasteiger charge is 2.22. The number of hydrogen-bond acceptors (Lipinski definition) is 3. The van der Waals surface area contributed by atoms with E-state index in [2.05, 4.69) is 15.9 Å². The van der Waals surface area contributed by atoms with Crippen LogP contribution in [0.25, 0.3) is 0 Å². The Morgan fingerprint density at radius 2 is 2.07 bits per heavy atom. The molecule has 1 aliphatic rings. The predicted octanol–water partition coefficient (Wildman–Crippen LogP) is 0.918. The Kier molecular flexibility index (Phi) is 3.33. The highest BCUT2D eigenvalue weighted by Crippen LogP contribution is 2.29. The van der Waals surface area contributed by atoms with Gasteiger partial charge in [-0.25, -0.2) is 0 Å². The minimum absolute atomic E-state index is 0.440. The van der Waals surface area contributed by atoms with E-state index in [4.69, 9.17) is 14.8 Å². The molecule has 5 heteroatoms. The normalized spacial score (nSPS) is 15.1. The third-order valence-corrected chi connectivity index (χ3v) is 2.83. The molecule has 0 bridgehead atoms.